The van der Waals surface area contributed by atoms with Gasteiger partial charge in [-0.3, -0.25) is 14.4 Å². The molecule has 0 saturated carbocycles. The van der Waals surface area contributed by atoms with Crippen molar-refractivity contribution < 1.29 is 28.6 Å². The largest absolute Gasteiger partial charge is 0.462 e. The van der Waals surface area contributed by atoms with Crippen LogP contribution in [0.15, 0.2) is 85.1 Å². The fourth-order valence-electron chi connectivity index (χ4n) is 8.61. The average molecular weight is 1000 g/mol. The van der Waals surface area contributed by atoms with Crippen LogP contribution in [0.4, 0.5) is 0 Å². The van der Waals surface area contributed by atoms with E-state index in [0.717, 1.165) is 77.0 Å². The minimum Gasteiger partial charge on any atom is -0.462 e. The number of esters is 3. The van der Waals surface area contributed by atoms with Gasteiger partial charge in [0.05, 0.1) is 6.42 Å². The highest BCUT2D eigenvalue weighted by atomic mass is 16.6. The van der Waals surface area contributed by atoms with E-state index in [1.165, 1.54) is 180 Å². The van der Waals surface area contributed by atoms with E-state index in [2.05, 4.69) is 93.7 Å². The predicted octanol–water partition coefficient (Wildman–Crippen LogP) is 20.7. The first kappa shape index (κ1) is 68.6. The zero-order valence-corrected chi connectivity index (χ0v) is 47.4. The highest BCUT2D eigenvalue weighted by molar-refractivity contribution is 5.72. The minimum absolute atomic E-state index is 0.0987. The van der Waals surface area contributed by atoms with Crippen molar-refractivity contribution in [2.24, 2.45) is 0 Å². The van der Waals surface area contributed by atoms with Crippen molar-refractivity contribution in [3.63, 3.8) is 0 Å². The molecule has 0 fully saturated rings. The van der Waals surface area contributed by atoms with Gasteiger partial charge in [0.15, 0.2) is 6.10 Å². The number of ether oxygens (including phenoxy) is 3. The molecule has 0 aliphatic rings. The average Bonchev–Trinajstić information content (AvgIpc) is 3.38. The third-order valence-electron chi connectivity index (χ3n) is 13.2. The summed E-state index contributed by atoms with van der Waals surface area (Å²) in [5, 5.41) is 0. The van der Waals surface area contributed by atoms with Crippen molar-refractivity contribution in [3.05, 3.63) is 85.1 Å². The summed E-state index contributed by atoms with van der Waals surface area (Å²) in [5.41, 5.74) is 0. The van der Waals surface area contributed by atoms with Gasteiger partial charge in [0.1, 0.15) is 13.2 Å². The lowest BCUT2D eigenvalue weighted by molar-refractivity contribution is -0.166. The molecule has 0 aliphatic heterocycles. The van der Waals surface area contributed by atoms with Gasteiger partial charge in [-0.05, 0) is 77.0 Å². The second-order valence-corrected chi connectivity index (χ2v) is 20.3. The van der Waals surface area contributed by atoms with Crippen LogP contribution in [-0.2, 0) is 28.6 Å². The van der Waals surface area contributed by atoms with Crippen molar-refractivity contribution in [2.45, 2.75) is 303 Å². The number of hydrogen-bond acceptors (Lipinski definition) is 6. The maximum Gasteiger partial charge on any atom is 0.310 e. The van der Waals surface area contributed by atoms with Gasteiger partial charge in [-0.2, -0.15) is 0 Å². The van der Waals surface area contributed by atoms with Crippen LogP contribution < -0.4 is 0 Å². The molecule has 0 bridgehead atoms. The molecule has 0 rings (SSSR count). The van der Waals surface area contributed by atoms with E-state index in [4.69, 9.17) is 14.2 Å². The molecule has 0 aliphatic carbocycles. The van der Waals surface area contributed by atoms with Crippen molar-refractivity contribution in [1.29, 1.82) is 0 Å². The van der Waals surface area contributed by atoms with E-state index in [9.17, 15) is 14.4 Å². The van der Waals surface area contributed by atoms with Crippen molar-refractivity contribution in [1.82, 2.24) is 0 Å². The van der Waals surface area contributed by atoms with E-state index in [1.54, 1.807) is 6.08 Å². The number of rotatable bonds is 55. The predicted molar refractivity (Wildman–Crippen MR) is 311 cm³/mol. The van der Waals surface area contributed by atoms with Gasteiger partial charge in [-0.1, -0.05) is 286 Å². The summed E-state index contributed by atoms with van der Waals surface area (Å²) in [6.07, 6.45) is 79.6. The zero-order valence-electron chi connectivity index (χ0n) is 47.4. The Bertz CT molecular complexity index is 1380. The Hall–Kier alpha value is -3.41. The third kappa shape index (κ3) is 57.5. The molecule has 0 heterocycles. The number of carbonyl (C=O) groups is 3. The summed E-state index contributed by atoms with van der Waals surface area (Å²) in [6.45, 7) is 6.38. The molecule has 0 radical (unpaired) electrons. The Kier molecular flexibility index (Phi) is 57.3. The van der Waals surface area contributed by atoms with Gasteiger partial charge < -0.3 is 14.2 Å². The highest BCUT2D eigenvalue weighted by Gasteiger charge is 2.19. The lowest BCUT2D eigenvalue weighted by Gasteiger charge is -2.18. The summed E-state index contributed by atoms with van der Waals surface area (Å²) in [6, 6.07) is 0. The molecule has 1 atom stereocenters. The highest BCUT2D eigenvalue weighted by Crippen LogP contribution is 2.17. The van der Waals surface area contributed by atoms with E-state index >= 15 is 0 Å². The van der Waals surface area contributed by atoms with Crippen LogP contribution >= 0.6 is 0 Å². The summed E-state index contributed by atoms with van der Waals surface area (Å²) in [4.78, 5) is 37.8. The van der Waals surface area contributed by atoms with E-state index in [1.807, 2.05) is 6.08 Å². The van der Waals surface area contributed by atoms with Crippen LogP contribution in [0.1, 0.15) is 297 Å². The molecule has 0 saturated heterocycles. The summed E-state index contributed by atoms with van der Waals surface area (Å²) in [5.74, 6) is -1.05. The lowest BCUT2D eigenvalue weighted by atomic mass is 10.0. The number of unbranched alkanes of at least 4 members (excludes halogenated alkanes) is 31. The van der Waals surface area contributed by atoms with E-state index < -0.39 is 12.1 Å². The Morgan fingerprint density at radius 2 is 0.583 bits per heavy atom. The number of hydrogen-bond donors (Lipinski definition) is 0. The fourth-order valence-corrected chi connectivity index (χ4v) is 8.61. The topological polar surface area (TPSA) is 78.9 Å². The Balaban J connectivity index is 4.00. The SMILES string of the molecule is CC/C=C\C/C=C\C/C=C\C/C=C\C/C=C\CC(=O)OC(COC(=O)CCCCCCCC)COC(=O)CCCCCCCCCCCCCCCCCCCCCCC/C=C\C/C=C\CCCCCCC. The Morgan fingerprint density at radius 3 is 0.917 bits per heavy atom. The zero-order chi connectivity index (χ0) is 52.2. The molecule has 0 aromatic rings. The monoisotopic (exact) mass is 1000 g/mol. The van der Waals surface area contributed by atoms with Gasteiger partial charge in [0.25, 0.3) is 0 Å². The maximum absolute atomic E-state index is 12.7. The van der Waals surface area contributed by atoms with Gasteiger partial charge in [0.2, 0.25) is 0 Å². The molecule has 1 unspecified atom stereocenters. The maximum atomic E-state index is 12.7. The Labute approximate surface area is 445 Å². The number of carbonyl (C=O) groups excluding carboxylic acids is 3. The van der Waals surface area contributed by atoms with Gasteiger partial charge in [-0.25, -0.2) is 0 Å². The quantitative estimate of drug-likeness (QED) is 0.0261. The Morgan fingerprint density at radius 1 is 0.306 bits per heavy atom. The molecule has 0 spiro atoms. The number of allylic oxidation sites excluding steroid dienone is 13. The summed E-state index contributed by atoms with van der Waals surface area (Å²) in [7, 11) is 0. The molecule has 414 valence electrons. The van der Waals surface area contributed by atoms with Crippen molar-refractivity contribution >= 4 is 17.9 Å². The smallest absolute Gasteiger partial charge is 0.310 e. The molecule has 0 aromatic carbocycles. The summed E-state index contributed by atoms with van der Waals surface area (Å²) < 4.78 is 16.6. The van der Waals surface area contributed by atoms with Crippen LogP contribution in [-0.4, -0.2) is 37.2 Å². The molecule has 0 N–H and O–H groups in total. The van der Waals surface area contributed by atoms with Gasteiger partial charge in [0, 0.05) is 12.8 Å². The lowest BCUT2D eigenvalue weighted by Crippen LogP contribution is -2.30. The van der Waals surface area contributed by atoms with Gasteiger partial charge in [-0.15, -0.1) is 0 Å². The van der Waals surface area contributed by atoms with E-state index in [-0.39, 0.29) is 31.6 Å². The molecular formula is C66H114O6. The van der Waals surface area contributed by atoms with Crippen molar-refractivity contribution in [3.8, 4) is 0 Å². The first-order chi connectivity index (χ1) is 35.5. The molecule has 0 amide bonds. The molecule has 72 heavy (non-hydrogen) atoms. The first-order valence-corrected chi connectivity index (χ1v) is 30.6. The first-order valence-electron chi connectivity index (χ1n) is 30.6. The fraction of sp³-hybridized carbons (Fsp3) is 0.742. The van der Waals surface area contributed by atoms with Crippen LogP contribution in [0.3, 0.4) is 0 Å². The van der Waals surface area contributed by atoms with E-state index in [0.29, 0.717) is 12.8 Å². The molecular weight excluding hydrogens is 889 g/mol. The van der Waals surface area contributed by atoms with Crippen molar-refractivity contribution in [2.75, 3.05) is 13.2 Å². The van der Waals surface area contributed by atoms with Crippen LogP contribution in [0.5, 0.6) is 0 Å². The second kappa shape index (κ2) is 60.1. The molecule has 6 heteroatoms. The molecule has 6 nitrogen and oxygen atoms in total. The van der Waals surface area contributed by atoms with Gasteiger partial charge >= 0.3 is 17.9 Å². The van der Waals surface area contributed by atoms with Crippen LogP contribution in [0.2, 0.25) is 0 Å². The standard InChI is InChI=1S/C66H114O6/c1-4-7-10-13-16-18-20-22-24-25-26-27-28-29-30-31-32-33-34-35-36-37-38-39-40-41-43-44-46-48-50-53-56-59-65(68)71-62-63(61-70-64(67)58-55-52-15-12-9-6-3)72-66(69)60-57-54-51-49-47-45-42-23-21-19-17-14-11-8-5-2/h8,11,17,19-20,22-23,25-26,42,47,49,54,57,63H,4-7,9-10,12-16,18,21,24,27-41,43-46,48,50-53,55-56,58-62H2,1-3H3/b11-8-,19-17-,22-20-,26-25-,42-23-,49-47-,57-54-. The summed E-state index contributed by atoms with van der Waals surface area (Å²) >= 11 is 0. The second-order valence-electron chi connectivity index (χ2n) is 20.3. The third-order valence-corrected chi connectivity index (χ3v) is 13.2. The normalized spacial score (nSPS) is 12.7. The molecule has 0 aromatic heterocycles. The van der Waals surface area contributed by atoms with Crippen LogP contribution in [0.25, 0.3) is 0 Å². The van der Waals surface area contributed by atoms with Crippen LogP contribution in [0, 0.1) is 0 Å². The minimum atomic E-state index is -0.826.